The fourth-order valence-corrected chi connectivity index (χ4v) is 2.99. The Labute approximate surface area is 129 Å². The molecule has 0 radical (unpaired) electrons. The average molecular weight is 300 g/mol. The summed E-state index contributed by atoms with van der Waals surface area (Å²) < 4.78 is 0. The van der Waals surface area contributed by atoms with Crippen molar-refractivity contribution in [1.29, 1.82) is 0 Å². The van der Waals surface area contributed by atoms with Gasteiger partial charge in [-0.05, 0) is 38.7 Å². The highest BCUT2D eigenvalue weighted by atomic mass is 32.1. The van der Waals surface area contributed by atoms with Crippen LogP contribution in [0.4, 0.5) is 0 Å². The van der Waals surface area contributed by atoms with Gasteiger partial charge in [-0.15, -0.1) is 11.3 Å². The Morgan fingerprint density at radius 2 is 1.40 bits per heavy atom. The lowest BCUT2D eigenvalue weighted by Gasteiger charge is -2.18. The highest BCUT2D eigenvalue weighted by Crippen LogP contribution is 2.28. The molecule has 2 aromatic heterocycles. The second kappa shape index (κ2) is 6.87. The summed E-state index contributed by atoms with van der Waals surface area (Å²) in [6, 6.07) is 17.2. The van der Waals surface area contributed by atoms with Gasteiger partial charge in [0.25, 0.3) is 0 Å². The first kappa shape index (κ1) is 15.0. The van der Waals surface area contributed by atoms with Gasteiger partial charge in [-0.25, -0.2) is 0 Å². The van der Waals surface area contributed by atoms with Crippen molar-refractivity contribution in [2.45, 2.75) is 26.2 Å². The first-order valence-corrected chi connectivity index (χ1v) is 8.51. The van der Waals surface area contributed by atoms with Crippen LogP contribution in [-0.2, 0) is 5.41 Å². The molecule has 3 rings (SSSR count). The second-order valence-electron chi connectivity index (χ2n) is 5.60. The van der Waals surface area contributed by atoms with Crippen LogP contribution in [0.3, 0.4) is 0 Å². The van der Waals surface area contributed by atoms with Crippen LogP contribution in [0.2, 0.25) is 0 Å². The summed E-state index contributed by atoms with van der Waals surface area (Å²) in [4.78, 5) is 1.34. The van der Waals surface area contributed by atoms with E-state index in [4.69, 9.17) is 0 Å². The van der Waals surface area contributed by atoms with Crippen molar-refractivity contribution in [3.8, 4) is 10.4 Å². The largest absolute Gasteiger partial charge is 0.152 e. The minimum atomic E-state index is 0.244. The van der Waals surface area contributed by atoms with E-state index in [9.17, 15) is 0 Å². The predicted molar refractivity (Wildman–Crippen MR) is 92.8 cm³/mol. The molecule has 0 spiro atoms. The van der Waals surface area contributed by atoms with Gasteiger partial charge in [0.1, 0.15) is 0 Å². The molecule has 20 heavy (non-hydrogen) atoms. The molecule has 2 heteroatoms. The molecule has 0 aliphatic carbocycles. The van der Waals surface area contributed by atoms with Crippen molar-refractivity contribution in [1.82, 2.24) is 0 Å². The number of hydrogen-bond donors (Lipinski definition) is 0. The Bertz CT molecular complexity index is 565. The maximum Gasteiger partial charge on any atom is 0.0342 e. The minimum Gasteiger partial charge on any atom is -0.152 e. The van der Waals surface area contributed by atoms with Crippen LogP contribution >= 0.6 is 22.7 Å². The number of benzene rings is 1. The molecule has 0 amide bonds. The van der Waals surface area contributed by atoms with Crippen LogP contribution in [0, 0.1) is 0 Å². The highest BCUT2D eigenvalue weighted by molar-refractivity contribution is 7.13. The third-order valence-electron chi connectivity index (χ3n) is 2.98. The van der Waals surface area contributed by atoms with E-state index >= 15 is 0 Å². The van der Waals surface area contributed by atoms with Gasteiger partial charge in [-0.3, -0.25) is 0 Å². The van der Waals surface area contributed by atoms with E-state index in [-0.39, 0.29) is 5.41 Å². The van der Waals surface area contributed by atoms with Gasteiger partial charge >= 0.3 is 0 Å². The molecule has 0 aliphatic heterocycles. The van der Waals surface area contributed by atoms with Gasteiger partial charge in [-0.1, -0.05) is 63.2 Å². The molecule has 0 aliphatic rings. The SMILES string of the molecule is CC(C)(C)c1ccc(-c2cccs2)cc1.c1ccsc1. The molecule has 104 valence electrons. The Hall–Kier alpha value is -1.38. The van der Waals surface area contributed by atoms with Crippen LogP contribution in [0.1, 0.15) is 26.3 Å². The fraction of sp³-hybridized carbons (Fsp3) is 0.222. The van der Waals surface area contributed by atoms with Gasteiger partial charge in [0.2, 0.25) is 0 Å². The normalized spacial score (nSPS) is 10.8. The van der Waals surface area contributed by atoms with E-state index in [1.807, 2.05) is 22.9 Å². The zero-order chi connectivity index (χ0) is 14.4. The Morgan fingerprint density at radius 3 is 1.80 bits per heavy atom. The number of hydrogen-bond acceptors (Lipinski definition) is 2. The smallest absolute Gasteiger partial charge is 0.0342 e. The third-order valence-corrected chi connectivity index (χ3v) is 4.53. The highest BCUT2D eigenvalue weighted by Gasteiger charge is 2.12. The van der Waals surface area contributed by atoms with Crippen LogP contribution in [0.5, 0.6) is 0 Å². The summed E-state index contributed by atoms with van der Waals surface area (Å²) in [6.45, 7) is 6.73. The summed E-state index contributed by atoms with van der Waals surface area (Å²) in [7, 11) is 0. The van der Waals surface area contributed by atoms with Crippen molar-refractivity contribution in [2.24, 2.45) is 0 Å². The molecule has 1 aromatic carbocycles. The van der Waals surface area contributed by atoms with Gasteiger partial charge in [-0.2, -0.15) is 11.3 Å². The molecule has 0 fully saturated rings. The van der Waals surface area contributed by atoms with E-state index in [1.54, 1.807) is 22.7 Å². The van der Waals surface area contributed by atoms with Crippen molar-refractivity contribution in [3.63, 3.8) is 0 Å². The van der Waals surface area contributed by atoms with Gasteiger partial charge in [0.05, 0.1) is 0 Å². The molecule has 3 aromatic rings. The summed E-state index contributed by atoms with van der Waals surface area (Å²) in [6.07, 6.45) is 0. The van der Waals surface area contributed by atoms with Gasteiger partial charge in [0.15, 0.2) is 0 Å². The molecule has 0 atom stereocenters. The summed E-state index contributed by atoms with van der Waals surface area (Å²) >= 11 is 3.50. The standard InChI is InChI=1S/C14H16S.C4H4S/c1-14(2,3)12-8-6-11(7-9-12)13-5-4-10-15-13;1-2-4-5-3-1/h4-10H,1-3H3;1-4H. The van der Waals surface area contributed by atoms with E-state index in [0.29, 0.717) is 0 Å². The van der Waals surface area contributed by atoms with Crippen LogP contribution < -0.4 is 0 Å². The quantitative estimate of drug-likeness (QED) is 0.483. The molecule has 0 nitrogen and oxygen atoms in total. The van der Waals surface area contributed by atoms with Gasteiger partial charge < -0.3 is 0 Å². The van der Waals surface area contributed by atoms with Crippen LogP contribution in [0.15, 0.2) is 64.7 Å². The summed E-state index contributed by atoms with van der Waals surface area (Å²) in [5.74, 6) is 0. The zero-order valence-corrected chi connectivity index (χ0v) is 13.8. The lowest BCUT2D eigenvalue weighted by Crippen LogP contribution is -2.10. The minimum absolute atomic E-state index is 0.244. The molecule has 0 bridgehead atoms. The van der Waals surface area contributed by atoms with Crippen LogP contribution in [-0.4, -0.2) is 0 Å². The van der Waals surface area contributed by atoms with E-state index < -0.39 is 0 Å². The lowest BCUT2D eigenvalue weighted by atomic mass is 9.86. The maximum absolute atomic E-state index is 2.24. The monoisotopic (exact) mass is 300 g/mol. The van der Waals surface area contributed by atoms with Crippen molar-refractivity contribution in [2.75, 3.05) is 0 Å². The van der Waals surface area contributed by atoms with Crippen molar-refractivity contribution < 1.29 is 0 Å². The second-order valence-corrected chi connectivity index (χ2v) is 7.36. The zero-order valence-electron chi connectivity index (χ0n) is 12.2. The Balaban J connectivity index is 0.000000247. The number of rotatable bonds is 1. The third kappa shape index (κ3) is 4.32. The van der Waals surface area contributed by atoms with Gasteiger partial charge in [0, 0.05) is 4.88 Å². The molecule has 0 saturated carbocycles. The van der Waals surface area contributed by atoms with Crippen molar-refractivity contribution in [3.05, 3.63) is 70.2 Å². The topological polar surface area (TPSA) is 0 Å². The predicted octanol–water partition coefficient (Wildman–Crippen LogP) is 6.46. The lowest BCUT2D eigenvalue weighted by molar-refractivity contribution is 0.590. The first-order chi connectivity index (χ1) is 9.57. The van der Waals surface area contributed by atoms with E-state index in [0.717, 1.165) is 0 Å². The molecule has 0 saturated heterocycles. The first-order valence-electron chi connectivity index (χ1n) is 6.69. The van der Waals surface area contributed by atoms with Crippen LogP contribution in [0.25, 0.3) is 10.4 Å². The maximum atomic E-state index is 2.24. The summed E-state index contributed by atoms with van der Waals surface area (Å²) in [5.41, 5.74) is 2.95. The molecule has 2 heterocycles. The molecule has 0 N–H and O–H groups in total. The average Bonchev–Trinajstić information content (AvgIpc) is 3.14. The molecular formula is C18H20S2. The van der Waals surface area contributed by atoms with Crippen molar-refractivity contribution >= 4 is 22.7 Å². The summed E-state index contributed by atoms with van der Waals surface area (Å²) in [5, 5.41) is 6.20. The fourth-order valence-electron chi connectivity index (χ4n) is 1.80. The molecular weight excluding hydrogens is 280 g/mol. The number of thiophene rings is 2. The Morgan fingerprint density at radius 1 is 0.750 bits per heavy atom. The van der Waals surface area contributed by atoms with E-state index in [1.165, 1.54) is 16.0 Å². The molecule has 0 unspecified atom stereocenters. The van der Waals surface area contributed by atoms with E-state index in [2.05, 4.69) is 62.5 Å². The Kier molecular flexibility index (Phi) is 5.16.